The van der Waals surface area contributed by atoms with Gasteiger partial charge in [-0.25, -0.2) is 0 Å². The molecule has 0 saturated carbocycles. The van der Waals surface area contributed by atoms with Crippen molar-refractivity contribution in [3.63, 3.8) is 0 Å². The van der Waals surface area contributed by atoms with Crippen LogP contribution >= 0.6 is 11.8 Å². The van der Waals surface area contributed by atoms with E-state index in [-0.39, 0.29) is 11.4 Å². The van der Waals surface area contributed by atoms with Gasteiger partial charge in [-0.2, -0.15) is 0 Å². The Labute approximate surface area is 163 Å². The van der Waals surface area contributed by atoms with E-state index in [1.54, 1.807) is 32.9 Å². The molecule has 0 spiro atoms. The van der Waals surface area contributed by atoms with Crippen LogP contribution in [0.4, 0.5) is 10.5 Å². The zero-order valence-electron chi connectivity index (χ0n) is 16.2. The highest BCUT2D eigenvalue weighted by Gasteiger charge is 2.36. The van der Waals surface area contributed by atoms with Crippen LogP contribution in [0.1, 0.15) is 26.3 Å². The smallest absolute Gasteiger partial charge is 0.326 e. The summed E-state index contributed by atoms with van der Waals surface area (Å²) in [6.45, 7) is 4.81. The Bertz CT molecular complexity index is 789. The summed E-state index contributed by atoms with van der Waals surface area (Å²) in [6.07, 6.45) is 5.15. The van der Waals surface area contributed by atoms with Crippen LogP contribution in [0.25, 0.3) is 6.08 Å². The minimum atomic E-state index is -0.667. The summed E-state index contributed by atoms with van der Waals surface area (Å²) in [5.41, 5.74) is 1.40. The SMILES string of the molecule is CN(C)c1ccc(/C=C/C=C2/SC(=O)N(CC(=O)OC(C)(C)C)C2=O)cc1. The van der Waals surface area contributed by atoms with Gasteiger partial charge in [-0.05, 0) is 56.3 Å². The van der Waals surface area contributed by atoms with E-state index in [0.717, 1.165) is 27.9 Å². The van der Waals surface area contributed by atoms with Crippen LogP contribution in [0.2, 0.25) is 0 Å². The average molecular weight is 388 g/mol. The number of anilines is 1. The van der Waals surface area contributed by atoms with Crippen molar-refractivity contribution in [1.82, 2.24) is 4.90 Å². The van der Waals surface area contributed by atoms with Crippen molar-refractivity contribution in [3.05, 3.63) is 46.9 Å². The highest BCUT2D eigenvalue weighted by atomic mass is 32.2. The number of esters is 1. The normalized spacial score (nSPS) is 16.5. The van der Waals surface area contributed by atoms with E-state index in [2.05, 4.69) is 0 Å². The van der Waals surface area contributed by atoms with E-state index in [1.165, 1.54) is 0 Å². The van der Waals surface area contributed by atoms with Crippen molar-refractivity contribution in [2.24, 2.45) is 0 Å². The van der Waals surface area contributed by atoms with Crippen LogP contribution < -0.4 is 4.90 Å². The van der Waals surface area contributed by atoms with Gasteiger partial charge in [0.2, 0.25) is 0 Å². The number of rotatable bonds is 5. The Balaban J connectivity index is 2.01. The molecule has 0 radical (unpaired) electrons. The topological polar surface area (TPSA) is 66.9 Å². The first kappa shape index (κ1) is 20.8. The van der Waals surface area contributed by atoms with E-state index >= 15 is 0 Å². The van der Waals surface area contributed by atoms with Gasteiger partial charge in [0, 0.05) is 19.8 Å². The van der Waals surface area contributed by atoms with Gasteiger partial charge in [0.05, 0.1) is 4.91 Å². The number of carbonyl (C=O) groups is 3. The third kappa shape index (κ3) is 5.99. The molecule has 1 heterocycles. The molecule has 1 aliphatic heterocycles. The van der Waals surface area contributed by atoms with Gasteiger partial charge in [0.1, 0.15) is 12.1 Å². The molecule has 0 bridgehead atoms. The lowest BCUT2D eigenvalue weighted by molar-refractivity contribution is -0.156. The molecule has 1 aliphatic rings. The van der Waals surface area contributed by atoms with E-state index in [4.69, 9.17) is 4.74 Å². The second-order valence-corrected chi connectivity index (χ2v) is 8.21. The molecule has 27 heavy (non-hydrogen) atoms. The fourth-order valence-electron chi connectivity index (χ4n) is 2.28. The summed E-state index contributed by atoms with van der Waals surface area (Å²) >= 11 is 0.816. The lowest BCUT2D eigenvalue weighted by atomic mass is 10.2. The third-order valence-electron chi connectivity index (χ3n) is 3.53. The summed E-state index contributed by atoms with van der Waals surface area (Å²) < 4.78 is 5.17. The van der Waals surface area contributed by atoms with Crippen molar-refractivity contribution in [2.45, 2.75) is 26.4 Å². The maximum absolute atomic E-state index is 12.3. The van der Waals surface area contributed by atoms with Gasteiger partial charge >= 0.3 is 5.97 Å². The third-order valence-corrected chi connectivity index (χ3v) is 4.45. The zero-order valence-corrected chi connectivity index (χ0v) is 17.0. The Kier molecular flexibility index (Phi) is 6.49. The largest absolute Gasteiger partial charge is 0.459 e. The minimum absolute atomic E-state index is 0.282. The number of allylic oxidation sites excluding steroid dienone is 2. The number of nitrogens with zero attached hydrogens (tertiary/aromatic N) is 2. The van der Waals surface area contributed by atoms with Crippen LogP contribution in [0.3, 0.4) is 0 Å². The Morgan fingerprint density at radius 1 is 1.19 bits per heavy atom. The molecular weight excluding hydrogens is 364 g/mol. The molecule has 0 N–H and O–H groups in total. The summed E-state index contributed by atoms with van der Waals surface area (Å²) in [4.78, 5) is 39.4. The first-order valence-corrected chi connectivity index (χ1v) is 9.30. The molecule has 0 unspecified atom stereocenters. The van der Waals surface area contributed by atoms with Crippen molar-refractivity contribution >= 4 is 40.6 Å². The number of imide groups is 1. The molecule has 144 valence electrons. The summed E-state index contributed by atoms with van der Waals surface area (Å²) in [7, 11) is 3.94. The predicted molar refractivity (Wildman–Crippen MR) is 108 cm³/mol. The average Bonchev–Trinajstić information content (AvgIpc) is 2.81. The second-order valence-electron chi connectivity index (χ2n) is 7.22. The molecule has 0 atom stereocenters. The summed E-state index contributed by atoms with van der Waals surface area (Å²) in [5.74, 6) is -1.09. The highest BCUT2D eigenvalue weighted by molar-refractivity contribution is 8.18. The maximum atomic E-state index is 12.3. The van der Waals surface area contributed by atoms with Gasteiger partial charge in [0.15, 0.2) is 0 Å². The quantitative estimate of drug-likeness (QED) is 0.566. The fraction of sp³-hybridized carbons (Fsp3) is 0.350. The molecule has 1 aromatic rings. The van der Waals surface area contributed by atoms with E-state index in [1.807, 2.05) is 49.3 Å². The molecule has 1 aromatic carbocycles. The van der Waals surface area contributed by atoms with Gasteiger partial charge < -0.3 is 9.64 Å². The van der Waals surface area contributed by atoms with Crippen molar-refractivity contribution < 1.29 is 19.1 Å². The molecule has 7 heteroatoms. The van der Waals surface area contributed by atoms with Gasteiger partial charge in [-0.15, -0.1) is 0 Å². The highest BCUT2D eigenvalue weighted by Crippen LogP contribution is 2.30. The number of ether oxygens (including phenoxy) is 1. The first-order chi connectivity index (χ1) is 12.6. The van der Waals surface area contributed by atoms with Gasteiger partial charge in [-0.1, -0.05) is 24.3 Å². The zero-order chi connectivity index (χ0) is 20.2. The minimum Gasteiger partial charge on any atom is -0.459 e. The van der Waals surface area contributed by atoms with Crippen molar-refractivity contribution in [3.8, 4) is 0 Å². The molecule has 1 fully saturated rings. The van der Waals surface area contributed by atoms with E-state index in [9.17, 15) is 14.4 Å². The monoisotopic (exact) mass is 388 g/mol. The van der Waals surface area contributed by atoms with E-state index < -0.39 is 22.7 Å². The lowest BCUT2D eigenvalue weighted by Gasteiger charge is -2.21. The molecular formula is C20H24N2O4S. The molecule has 0 aromatic heterocycles. The van der Waals surface area contributed by atoms with Crippen LogP contribution in [0.15, 0.2) is 41.3 Å². The van der Waals surface area contributed by atoms with Crippen LogP contribution in [-0.4, -0.2) is 48.3 Å². The number of hydrogen-bond acceptors (Lipinski definition) is 6. The fourth-order valence-corrected chi connectivity index (χ4v) is 3.07. The summed E-state index contributed by atoms with van der Waals surface area (Å²) in [5, 5.41) is -0.471. The molecule has 2 amide bonds. The van der Waals surface area contributed by atoms with Crippen LogP contribution in [-0.2, 0) is 14.3 Å². The Morgan fingerprint density at radius 3 is 2.37 bits per heavy atom. The first-order valence-electron chi connectivity index (χ1n) is 8.48. The van der Waals surface area contributed by atoms with Crippen LogP contribution in [0, 0.1) is 0 Å². The van der Waals surface area contributed by atoms with Gasteiger partial charge in [-0.3, -0.25) is 19.3 Å². The van der Waals surface area contributed by atoms with Gasteiger partial charge in [0.25, 0.3) is 11.1 Å². The van der Waals surface area contributed by atoms with Crippen molar-refractivity contribution in [1.29, 1.82) is 0 Å². The standard InChI is InChI=1S/C20H24N2O4S/c1-20(2,3)26-17(23)13-22-18(24)16(27-19(22)25)8-6-7-14-9-11-15(12-10-14)21(4)5/h6-12H,13H2,1-5H3/b7-6+,16-8+. The number of amides is 2. The lowest BCUT2D eigenvalue weighted by Crippen LogP contribution is -2.37. The van der Waals surface area contributed by atoms with E-state index in [0.29, 0.717) is 0 Å². The summed E-state index contributed by atoms with van der Waals surface area (Å²) in [6, 6.07) is 7.92. The number of thioether (sulfide) groups is 1. The van der Waals surface area contributed by atoms with Crippen LogP contribution in [0.5, 0.6) is 0 Å². The van der Waals surface area contributed by atoms with Crippen molar-refractivity contribution in [2.75, 3.05) is 25.5 Å². The number of carbonyl (C=O) groups excluding carboxylic acids is 3. The predicted octanol–water partition coefficient (Wildman–Crippen LogP) is 3.69. The molecule has 0 aliphatic carbocycles. The number of hydrogen-bond donors (Lipinski definition) is 0. The molecule has 2 rings (SSSR count). The maximum Gasteiger partial charge on any atom is 0.326 e. The molecule has 1 saturated heterocycles. The molecule has 6 nitrogen and oxygen atoms in total. The second kappa shape index (κ2) is 8.43. The number of benzene rings is 1. The Morgan fingerprint density at radius 2 is 1.81 bits per heavy atom. The Hall–Kier alpha value is -2.54.